The van der Waals surface area contributed by atoms with Crippen molar-refractivity contribution in [3.63, 3.8) is 0 Å². The summed E-state index contributed by atoms with van der Waals surface area (Å²) < 4.78 is 0. The predicted octanol–water partition coefficient (Wildman–Crippen LogP) is 2.72. The summed E-state index contributed by atoms with van der Waals surface area (Å²) in [7, 11) is 0. The molecule has 1 unspecified atom stereocenters. The van der Waals surface area contributed by atoms with Crippen molar-refractivity contribution in [2.75, 3.05) is 6.54 Å². The number of nitro benzene ring substituents is 1. The highest BCUT2D eigenvalue weighted by atomic mass is 16.6. The van der Waals surface area contributed by atoms with Gasteiger partial charge in [-0.25, -0.2) is 0 Å². The Morgan fingerprint density at radius 1 is 1.44 bits per heavy atom. The maximum absolute atomic E-state index is 10.7. The number of hydrogen-bond acceptors (Lipinski definition) is 3. The molecule has 0 aromatic heterocycles. The van der Waals surface area contributed by atoms with Gasteiger partial charge < -0.3 is 5.32 Å². The zero-order valence-corrected chi connectivity index (χ0v) is 9.40. The fraction of sp³-hybridized carbons (Fsp3) is 0.500. The van der Waals surface area contributed by atoms with E-state index in [2.05, 4.69) is 5.32 Å². The third-order valence-corrected chi connectivity index (χ3v) is 3.13. The van der Waals surface area contributed by atoms with E-state index in [0.717, 1.165) is 18.5 Å². The van der Waals surface area contributed by atoms with E-state index in [9.17, 15) is 10.1 Å². The molecular formula is C12H16N2O2. The fourth-order valence-electron chi connectivity index (χ4n) is 2.24. The van der Waals surface area contributed by atoms with Crippen molar-refractivity contribution < 1.29 is 4.92 Å². The van der Waals surface area contributed by atoms with Gasteiger partial charge in [0.2, 0.25) is 0 Å². The van der Waals surface area contributed by atoms with Gasteiger partial charge in [0, 0.05) is 17.7 Å². The van der Waals surface area contributed by atoms with Crippen molar-refractivity contribution in [3.05, 3.63) is 39.4 Å². The van der Waals surface area contributed by atoms with Gasteiger partial charge in [0.15, 0.2) is 0 Å². The standard InChI is InChI=1S/C12H16N2O2/c1-9-8-10(5-6-12(9)14(15)16)11-4-2-3-7-13-11/h5-6,8,11,13H,2-4,7H2,1H3. The summed E-state index contributed by atoms with van der Waals surface area (Å²) in [6, 6.07) is 5.78. The number of nitrogens with one attached hydrogen (secondary N) is 1. The molecule has 1 saturated heterocycles. The maximum atomic E-state index is 10.7. The molecule has 1 heterocycles. The van der Waals surface area contributed by atoms with Crippen LogP contribution in [0.25, 0.3) is 0 Å². The van der Waals surface area contributed by atoms with E-state index in [1.165, 1.54) is 18.4 Å². The Morgan fingerprint density at radius 2 is 2.25 bits per heavy atom. The third kappa shape index (κ3) is 2.22. The Labute approximate surface area is 94.8 Å². The molecule has 0 spiro atoms. The lowest BCUT2D eigenvalue weighted by molar-refractivity contribution is -0.385. The van der Waals surface area contributed by atoms with Crippen LogP contribution in [0.1, 0.15) is 36.4 Å². The lowest BCUT2D eigenvalue weighted by Gasteiger charge is -2.24. The third-order valence-electron chi connectivity index (χ3n) is 3.13. The normalized spacial score (nSPS) is 20.7. The molecule has 0 aliphatic carbocycles. The number of benzene rings is 1. The minimum Gasteiger partial charge on any atom is -0.310 e. The van der Waals surface area contributed by atoms with E-state index >= 15 is 0 Å². The Morgan fingerprint density at radius 3 is 2.81 bits per heavy atom. The average molecular weight is 220 g/mol. The fourth-order valence-corrected chi connectivity index (χ4v) is 2.24. The van der Waals surface area contributed by atoms with E-state index in [1.54, 1.807) is 13.0 Å². The van der Waals surface area contributed by atoms with Gasteiger partial charge in [-0.2, -0.15) is 0 Å². The van der Waals surface area contributed by atoms with Crippen LogP contribution < -0.4 is 5.32 Å². The molecule has 0 amide bonds. The van der Waals surface area contributed by atoms with Gasteiger partial charge in [-0.15, -0.1) is 0 Å². The largest absolute Gasteiger partial charge is 0.310 e. The lowest BCUT2D eigenvalue weighted by Crippen LogP contribution is -2.26. The minimum atomic E-state index is -0.326. The molecule has 0 saturated carbocycles. The first kappa shape index (κ1) is 11.1. The Hall–Kier alpha value is -1.42. The molecule has 86 valence electrons. The van der Waals surface area contributed by atoms with Crippen LogP contribution in [-0.2, 0) is 0 Å². The Balaban J connectivity index is 2.23. The molecule has 1 aromatic rings. The zero-order valence-electron chi connectivity index (χ0n) is 9.40. The first-order valence-electron chi connectivity index (χ1n) is 5.67. The van der Waals surface area contributed by atoms with Crippen LogP contribution in [0.2, 0.25) is 0 Å². The average Bonchev–Trinajstić information content (AvgIpc) is 2.29. The highest BCUT2D eigenvalue weighted by Crippen LogP contribution is 2.27. The minimum absolute atomic E-state index is 0.208. The topological polar surface area (TPSA) is 55.2 Å². The van der Waals surface area contributed by atoms with Gasteiger partial charge in [-0.1, -0.05) is 12.5 Å². The highest BCUT2D eigenvalue weighted by Gasteiger charge is 2.17. The summed E-state index contributed by atoms with van der Waals surface area (Å²) in [4.78, 5) is 10.4. The van der Waals surface area contributed by atoms with Crippen LogP contribution in [0.15, 0.2) is 18.2 Å². The molecular weight excluding hydrogens is 204 g/mol. The lowest BCUT2D eigenvalue weighted by atomic mass is 9.96. The highest BCUT2D eigenvalue weighted by molar-refractivity contribution is 5.42. The molecule has 1 fully saturated rings. The second kappa shape index (κ2) is 4.61. The predicted molar refractivity (Wildman–Crippen MR) is 62.4 cm³/mol. The van der Waals surface area contributed by atoms with Crippen molar-refractivity contribution in [2.45, 2.75) is 32.2 Å². The van der Waals surface area contributed by atoms with Gasteiger partial charge in [-0.3, -0.25) is 10.1 Å². The second-order valence-electron chi connectivity index (χ2n) is 4.31. The van der Waals surface area contributed by atoms with Crippen LogP contribution in [0, 0.1) is 17.0 Å². The van der Waals surface area contributed by atoms with Crippen molar-refractivity contribution >= 4 is 5.69 Å². The molecule has 1 aromatic carbocycles. The van der Waals surface area contributed by atoms with Gasteiger partial charge >= 0.3 is 0 Å². The van der Waals surface area contributed by atoms with Crippen molar-refractivity contribution in [1.29, 1.82) is 0 Å². The molecule has 16 heavy (non-hydrogen) atoms. The smallest absolute Gasteiger partial charge is 0.272 e. The van der Waals surface area contributed by atoms with Crippen molar-refractivity contribution in [1.82, 2.24) is 5.32 Å². The molecule has 4 heteroatoms. The van der Waals surface area contributed by atoms with Crippen molar-refractivity contribution in [3.8, 4) is 0 Å². The van der Waals surface area contributed by atoms with Crippen LogP contribution in [0.4, 0.5) is 5.69 Å². The summed E-state index contributed by atoms with van der Waals surface area (Å²) in [6.45, 7) is 2.84. The molecule has 1 aliphatic heterocycles. The summed E-state index contributed by atoms with van der Waals surface area (Å²) in [5, 5.41) is 14.1. The SMILES string of the molecule is Cc1cc(C2CCCCN2)ccc1[N+](=O)[O-]. The molecule has 1 atom stereocenters. The number of piperidine rings is 1. The van der Waals surface area contributed by atoms with E-state index in [4.69, 9.17) is 0 Å². The quantitative estimate of drug-likeness (QED) is 0.616. The molecule has 1 N–H and O–H groups in total. The first-order valence-corrected chi connectivity index (χ1v) is 5.67. The van der Waals surface area contributed by atoms with E-state index in [-0.39, 0.29) is 10.6 Å². The Bertz CT molecular complexity index is 398. The van der Waals surface area contributed by atoms with Crippen LogP contribution in [0.5, 0.6) is 0 Å². The van der Waals surface area contributed by atoms with Crippen LogP contribution in [0.3, 0.4) is 0 Å². The molecule has 1 aliphatic rings. The summed E-state index contributed by atoms with van der Waals surface area (Å²) >= 11 is 0. The van der Waals surface area contributed by atoms with E-state index in [0.29, 0.717) is 6.04 Å². The summed E-state index contributed by atoms with van der Waals surface area (Å²) in [5.41, 5.74) is 2.12. The van der Waals surface area contributed by atoms with E-state index in [1.807, 2.05) is 12.1 Å². The van der Waals surface area contributed by atoms with E-state index < -0.39 is 0 Å². The molecule has 2 rings (SSSR count). The number of nitrogens with zero attached hydrogens (tertiary/aromatic N) is 1. The second-order valence-corrected chi connectivity index (χ2v) is 4.31. The number of rotatable bonds is 2. The summed E-state index contributed by atoms with van der Waals surface area (Å²) in [5.74, 6) is 0. The van der Waals surface area contributed by atoms with Crippen LogP contribution in [-0.4, -0.2) is 11.5 Å². The summed E-state index contributed by atoms with van der Waals surface area (Å²) in [6.07, 6.45) is 3.58. The number of nitro groups is 1. The molecule has 0 radical (unpaired) electrons. The van der Waals surface area contributed by atoms with Gasteiger partial charge in [-0.05, 0) is 37.9 Å². The first-order chi connectivity index (χ1) is 7.68. The zero-order chi connectivity index (χ0) is 11.5. The maximum Gasteiger partial charge on any atom is 0.272 e. The van der Waals surface area contributed by atoms with Crippen molar-refractivity contribution in [2.24, 2.45) is 0 Å². The number of hydrogen-bond donors (Lipinski definition) is 1. The molecule has 0 bridgehead atoms. The van der Waals surface area contributed by atoms with Gasteiger partial charge in [0.05, 0.1) is 4.92 Å². The monoisotopic (exact) mass is 220 g/mol. The Kier molecular flexibility index (Phi) is 3.19. The molecule has 4 nitrogen and oxygen atoms in total. The van der Waals surface area contributed by atoms with Gasteiger partial charge in [0.1, 0.15) is 0 Å². The van der Waals surface area contributed by atoms with Gasteiger partial charge in [0.25, 0.3) is 5.69 Å². The van der Waals surface area contributed by atoms with Crippen LogP contribution >= 0.6 is 0 Å². The number of aryl methyl sites for hydroxylation is 1.